The molecule has 1 aliphatic rings. The predicted molar refractivity (Wildman–Crippen MR) is 39.4 cm³/mol. The maximum Gasteiger partial charge on any atom is 0.0841 e. The minimum atomic E-state index is 1.04. The summed E-state index contributed by atoms with van der Waals surface area (Å²) in [6, 6.07) is 0. The molecule has 2 heteroatoms. The zero-order valence-electron chi connectivity index (χ0n) is 5.62. The summed E-state index contributed by atoms with van der Waals surface area (Å²) in [7, 11) is 0. The van der Waals surface area contributed by atoms with Crippen molar-refractivity contribution in [2.24, 2.45) is 0 Å². The number of rotatable bonds is 0. The van der Waals surface area contributed by atoms with Gasteiger partial charge in [0, 0.05) is 12.4 Å². The zero-order chi connectivity index (χ0) is 6.81. The predicted octanol–water partition coefficient (Wildman–Crippen LogP) is 1.44. The van der Waals surface area contributed by atoms with E-state index in [1.807, 2.05) is 6.08 Å². The number of hydrogen-bond donors (Lipinski definition) is 0. The van der Waals surface area contributed by atoms with E-state index >= 15 is 0 Å². The Morgan fingerprint density at radius 1 is 1.20 bits per heavy atom. The van der Waals surface area contributed by atoms with Gasteiger partial charge in [0.1, 0.15) is 0 Å². The Hall–Kier alpha value is -1.18. The van der Waals surface area contributed by atoms with Gasteiger partial charge in [-0.05, 0) is 18.9 Å². The van der Waals surface area contributed by atoms with E-state index in [0.717, 1.165) is 24.2 Å². The van der Waals surface area contributed by atoms with Crippen LogP contribution in [0.15, 0.2) is 18.5 Å². The van der Waals surface area contributed by atoms with Crippen LogP contribution < -0.4 is 0 Å². The summed E-state index contributed by atoms with van der Waals surface area (Å²) in [5, 5.41) is 0. The van der Waals surface area contributed by atoms with Crippen molar-refractivity contribution in [1.82, 2.24) is 9.97 Å². The molecule has 0 bridgehead atoms. The van der Waals surface area contributed by atoms with Gasteiger partial charge in [0.15, 0.2) is 0 Å². The van der Waals surface area contributed by atoms with Crippen LogP contribution >= 0.6 is 0 Å². The van der Waals surface area contributed by atoms with Gasteiger partial charge in [-0.1, -0.05) is 6.08 Å². The summed E-state index contributed by atoms with van der Waals surface area (Å²) in [4.78, 5) is 8.38. The Morgan fingerprint density at radius 2 is 2.10 bits per heavy atom. The minimum absolute atomic E-state index is 1.04. The Labute approximate surface area is 59.6 Å². The van der Waals surface area contributed by atoms with Crippen LogP contribution in [0.3, 0.4) is 0 Å². The van der Waals surface area contributed by atoms with Gasteiger partial charge in [-0.15, -0.1) is 0 Å². The number of allylic oxidation sites excluding steroid dienone is 1. The fourth-order valence-electron chi connectivity index (χ4n) is 1.12. The highest BCUT2D eigenvalue weighted by Gasteiger charge is 2.03. The maximum atomic E-state index is 4.21. The second-order valence-electron chi connectivity index (χ2n) is 2.33. The van der Waals surface area contributed by atoms with Crippen molar-refractivity contribution in [3.05, 3.63) is 29.9 Å². The molecule has 2 nitrogen and oxygen atoms in total. The summed E-state index contributed by atoms with van der Waals surface area (Å²) in [5.74, 6) is 0. The molecule has 1 heterocycles. The number of hydrogen-bond acceptors (Lipinski definition) is 2. The van der Waals surface area contributed by atoms with E-state index in [9.17, 15) is 0 Å². The lowest BCUT2D eigenvalue weighted by molar-refractivity contribution is 0.902. The average Bonchev–Trinajstić information content (AvgIpc) is 2.05. The van der Waals surface area contributed by atoms with E-state index in [-0.39, 0.29) is 0 Å². The van der Waals surface area contributed by atoms with E-state index in [1.54, 1.807) is 12.4 Å². The lowest BCUT2D eigenvalue weighted by Gasteiger charge is -2.05. The van der Waals surface area contributed by atoms with Gasteiger partial charge >= 0.3 is 0 Å². The first kappa shape index (κ1) is 5.59. The lowest BCUT2D eigenvalue weighted by Crippen LogP contribution is -1.98. The maximum absolute atomic E-state index is 4.21. The third-order valence-electron chi connectivity index (χ3n) is 1.63. The van der Waals surface area contributed by atoms with Crippen LogP contribution in [0.1, 0.15) is 17.8 Å². The molecule has 0 fully saturated rings. The number of nitrogens with zero attached hydrogens (tertiary/aromatic N) is 2. The Bertz CT molecular complexity index is 266. The smallest absolute Gasteiger partial charge is 0.0841 e. The average molecular weight is 132 g/mol. The Balaban J connectivity index is 2.54. The van der Waals surface area contributed by atoms with Gasteiger partial charge < -0.3 is 0 Å². The second kappa shape index (κ2) is 2.21. The molecule has 50 valence electrons. The molecule has 1 aromatic heterocycles. The van der Waals surface area contributed by atoms with E-state index in [2.05, 4.69) is 16.0 Å². The molecular formula is C8H8N2. The number of aromatic nitrogens is 2. The Kier molecular flexibility index (Phi) is 1.24. The SMILES string of the molecule is C1=Cc2nccnc2CC1. The van der Waals surface area contributed by atoms with Crippen molar-refractivity contribution < 1.29 is 0 Å². The summed E-state index contributed by atoms with van der Waals surface area (Å²) in [6.07, 6.45) is 9.79. The highest BCUT2D eigenvalue weighted by molar-refractivity contribution is 5.49. The van der Waals surface area contributed by atoms with Gasteiger partial charge in [-0.3, -0.25) is 9.97 Å². The van der Waals surface area contributed by atoms with Crippen molar-refractivity contribution in [2.75, 3.05) is 0 Å². The molecule has 0 saturated heterocycles. The van der Waals surface area contributed by atoms with Gasteiger partial charge in [0.2, 0.25) is 0 Å². The summed E-state index contributed by atoms with van der Waals surface area (Å²) in [6.45, 7) is 0. The number of aryl methyl sites for hydroxylation is 1. The molecule has 0 amide bonds. The summed E-state index contributed by atoms with van der Waals surface area (Å²) < 4.78 is 0. The largest absolute Gasteiger partial charge is 0.257 e. The molecule has 1 aliphatic carbocycles. The molecule has 0 spiro atoms. The first-order valence-corrected chi connectivity index (χ1v) is 3.43. The normalized spacial score (nSPS) is 14.8. The molecule has 1 aromatic rings. The minimum Gasteiger partial charge on any atom is -0.257 e. The fraction of sp³-hybridized carbons (Fsp3) is 0.250. The lowest BCUT2D eigenvalue weighted by atomic mass is 10.1. The van der Waals surface area contributed by atoms with Crippen LogP contribution in [0, 0.1) is 0 Å². The first-order chi connectivity index (χ1) is 4.97. The molecular weight excluding hydrogens is 124 g/mol. The van der Waals surface area contributed by atoms with Crippen molar-refractivity contribution in [2.45, 2.75) is 12.8 Å². The van der Waals surface area contributed by atoms with E-state index in [0.29, 0.717) is 0 Å². The quantitative estimate of drug-likeness (QED) is 0.533. The van der Waals surface area contributed by atoms with Crippen LogP contribution in [-0.4, -0.2) is 9.97 Å². The third-order valence-corrected chi connectivity index (χ3v) is 1.63. The van der Waals surface area contributed by atoms with Crippen molar-refractivity contribution >= 4 is 6.08 Å². The monoisotopic (exact) mass is 132 g/mol. The second-order valence-corrected chi connectivity index (χ2v) is 2.33. The van der Waals surface area contributed by atoms with E-state index < -0.39 is 0 Å². The van der Waals surface area contributed by atoms with Crippen LogP contribution in [0.5, 0.6) is 0 Å². The van der Waals surface area contributed by atoms with Gasteiger partial charge in [0.05, 0.1) is 11.4 Å². The van der Waals surface area contributed by atoms with Crippen LogP contribution in [0.25, 0.3) is 6.08 Å². The summed E-state index contributed by atoms with van der Waals surface area (Å²) >= 11 is 0. The molecule has 0 aliphatic heterocycles. The van der Waals surface area contributed by atoms with Crippen molar-refractivity contribution in [3.8, 4) is 0 Å². The third kappa shape index (κ3) is 0.817. The van der Waals surface area contributed by atoms with E-state index in [4.69, 9.17) is 0 Å². The molecule has 0 aromatic carbocycles. The Morgan fingerprint density at radius 3 is 3.00 bits per heavy atom. The highest BCUT2D eigenvalue weighted by Crippen LogP contribution is 2.12. The molecule has 0 saturated carbocycles. The van der Waals surface area contributed by atoms with Crippen LogP contribution in [-0.2, 0) is 6.42 Å². The van der Waals surface area contributed by atoms with Crippen molar-refractivity contribution in [1.29, 1.82) is 0 Å². The van der Waals surface area contributed by atoms with E-state index in [1.165, 1.54) is 0 Å². The van der Waals surface area contributed by atoms with Gasteiger partial charge in [-0.25, -0.2) is 0 Å². The first-order valence-electron chi connectivity index (χ1n) is 3.43. The molecule has 0 N–H and O–H groups in total. The van der Waals surface area contributed by atoms with Crippen molar-refractivity contribution in [3.63, 3.8) is 0 Å². The van der Waals surface area contributed by atoms with Gasteiger partial charge in [0.25, 0.3) is 0 Å². The number of fused-ring (bicyclic) bond motifs is 1. The standard InChI is InChI=1S/C8H8N2/c1-2-4-8-7(3-1)9-5-6-10-8/h1,3,5-6H,2,4H2. The topological polar surface area (TPSA) is 25.8 Å². The molecule has 10 heavy (non-hydrogen) atoms. The molecule has 2 rings (SSSR count). The molecule has 0 atom stereocenters. The zero-order valence-corrected chi connectivity index (χ0v) is 5.62. The fourth-order valence-corrected chi connectivity index (χ4v) is 1.12. The molecule has 0 unspecified atom stereocenters. The van der Waals surface area contributed by atoms with Crippen LogP contribution in [0.2, 0.25) is 0 Å². The van der Waals surface area contributed by atoms with Gasteiger partial charge in [-0.2, -0.15) is 0 Å². The molecule has 0 radical (unpaired) electrons. The highest BCUT2D eigenvalue weighted by atomic mass is 14.8. The van der Waals surface area contributed by atoms with Crippen LogP contribution in [0.4, 0.5) is 0 Å². The summed E-state index contributed by atoms with van der Waals surface area (Å²) in [5.41, 5.74) is 2.17.